The minimum absolute atomic E-state index is 0.0287. The van der Waals surface area contributed by atoms with Crippen LogP contribution < -0.4 is 16.2 Å². The lowest BCUT2D eigenvalue weighted by atomic mass is 9.97. The van der Waals surface area contributed by atoms with E-state index in [2.05, 4.69) is 0 Å². The van der Waals surface area contributed by atoms with Gasteiger partial charge in [0.15, 0.2) is 5.75 Å². The van der Waals surface area contributed by atoms with Crippen LogP contribution in [-0.4, -0.2) is 17.0 Å². The number of anilines is 2. The fourth-order valence-corrected chi connectivity index (χ4v) is 2.56. The van der Waals surface area contributed by atoms with E-state index in [-0.39, 0.29) is 17.0 Å². The fourth-order valence-electron chi connectivity index (χ4n) is 2.56. The van der Waals surface area contributed by atoms with Gasteiger partial charge in [0.1, 0.15) is 0 Å². The van der Waals surface area contributed by atoms with Gasteiger partial charge < -0.3 is 21.3 Å². The Hall–Kier alpha value is -3.80. The highest BCUT2D eigenvalue weighted by Gasteiger charge is 2.20. The number of ether oxygens (including phenoxy) is 1. The van der Waals surface area contributed by atoms with E-state index in [1.165, 1.54) is 24.3 Å². The number of carboxylic acids is 1. The number of benzene rings is 3. The highest BCUT2D eigenvalue weighted by Crippen LogP contribution is 2.37. The van der Waals surface area contributed by atoms with Crippen LogP contribution in [0.1, 0.15) is 20.7 Å². The number of esters is 1. The van der Waals surface area contributed by atoms with Gasteiger partial charge in [-0.1, -0.05) is 30.3 Å². The SMILES string of the molecule is Nc1ccc(C(=O)Oc2ccc(C(=O)O)c(-c3ccccc3)c2N)cc1. The summed E-state index contributed by atoms with van der Waals surface area (Å²) in [7, 11) is 0. The van der Waals surface area contributed by atoms with Gasteiger partial charge in [-0.05, 0) is 42.0 Å². The number of hydrogen-bond donors (Lipinski definition) is 3. The second-order valence-electron chi connectivity index (χ2n) is 5.58. The summed E-state index contributed by atoms with van der Waals surface area (Å²) >= 11 is 0. The molecule has 6 nitrogen and oxygen atoms in total. The molecule has 0 radical (unpaired) electrons. The van der Waals surface area contributed by atoms with E-state index in [4.69, 9.17) is 16.2 Å². The zero-order valence-electron chi connectivity index (χ0n) is 13.7. The van der Waals surface area contributed by atoms with Crippen LogP contribution in [0.5, 0.6) is 5.75 Å². The van der Waals surface area contributed by atoms with Crippen LogP contribution in [0.2, 0.25) is 0 Å². The highest BCUT2D eigenvalue weighted by molar-refractivity contribution is 6.02. The number of hydrogen-bond acceptors (Lipinski definition) is 5. The first-order chi connectivity index (χ1) is 12.5. The van der Waals surface area contributed by atoms with Gasteiger partial charge in [0.05, 0.1) is 16.8 Å². The largest absolute Gasteiger partial charge is 0.478 e. The Bertz CT molecular complexity index is 967. The predicted octanol–water partition coefficient (Wildman–Crippen LogP) is 3.44. The van der Waals surface area contributed by atoms with E-state index in [9.17, 15) is 14.7 Å². The number of nitrogens with two attached hydrogens (primary N) is 2. The lowest BCUT2D eigenvalue weighted by Gasteiger charge is -2.14. The molecule has 5 N–H and O–H groups in total. The Morgan fingerprint density at radius 2 is 1.50 bits per heavy atom. The van der Waals surface area contributed by atoms with Crippen molar-refractivity contribution in [3.05, 3.63) is 77.9 Å². The molecular weight excluding hydrogens is 332 g/mol. The molecule has 0 heterocycles. The number of carboxylic acid groups (broad SMARTS) is 1. The maximum absolute atomic E-state index is 12.3. The van der Waals surface area contributed by atoms with Crippen molar-refractivity contribution in [2.45, 2.75) is 0 Å². The number of carbonyl (C=O) groups is 2. The van der Waals surface area contributed by atoms with Crippen LogP contribution in [0.15, 0.2) is 66.7 Å². The Morgan fingerprint density at radius 3 is 2.12 bits per heavy atom. The van der Waals surface area contributed by atoms with Crippen molar-refractivity contribution in [1.82, 2.24) is 0 Å². The van der Waals surface area contributed by atoms with Crippen molar-refractivity contribution in [3.63, 3.8) is 0 Å². The first kappa shape index (κ1) is 17.0. The number of nitrogen functional groups attached to an aromatic ring is 2. The van der Waals surface area contributed by atoms with E-state index in [0.29, 0.717) is 22.4 Å². The van der Waals surface area contributed by atoms with Gasteiger partial charge in [0.2, 0.25) is 0 Å². The molecule has 3 aromatic carbocycles. The van der Waals surface area contributed by atoms with Crippen molar-refractivity contribution in [1.29, 1.82) is 0 Å². The molecule has 0 bridgehead atoms. The smallest absolute Gasteiger partial charge is 0.343 e. The molecule has 6 heteroatoms. The molecule has 0 fully saturated rings. The summed E-state index contributed by atoms with van der Waals surface area (Å²) in [5, 5.41) is 9.45. The van der Waals surface area contributed by atoms with E-state index in [1.807, 2.05) is 6.07 Å². The summed E-state index contributed by atoms with van der Waals surface area (Å²) in [5.41, 5.74) is 13.6. The average molecular weight is 348 g/mol. The topological polar surface area (TPSA) is 116 Å². The normalized spacial score (nSPS) is 10.3. The molecule has 0 aliphatic rings. The van der Waals surface area contributed by atoms with Gasteiger partial charge in [-0.3, -0.25) is 0 Å². The first-order valence-electron chi connectivity index (χ1n) is 7.76. The van der Waals surface area contributed by atoms with Crippen LogP contribution in [0.25, 0.3) is 11.1 Å². The standard InChI is InChI=1S/C20H16N2O4/c21-14-8-6-13(7-9-14)20(25)26-16-11-10-15(19(23)24)17(18(16)22)12-4-2-1-3-5-12/h1-11H,21-22H2,(H,23,24). The second kappa shape index (κ2) is 6.98. The van der Waals surface area contributed by atoms with Gasteiger partial charge in [0, 0.05) is 11.3 Å². The molecule has 0 amide bonds. The van der Waals surface area contributed by atoms with Gasteiger partial charge in [0.25, 0.3) is 0 Å². The molecule has 0 saturated heterocycles. The van der Waals surface area contributed by atoms with Gasteiger partial charge in [-0.25, -0.2) is 9.59 Å². The number of carbonyl (C=O) groups excluding carboxylic acids is 1. The van der Waals surface area contributed by atoms with E-state index < -0.39 is 11.9 Å². The van der Waals surface area contributed by atoms with Gasteiger partial charge in [-0.15, -0.1) is 0 Å². The fraction of sp³-hybridized carbons (Fsp3) is 0. The Kier molecular flexibility index (Phi) is 4.57. The monoisotopic (exact) mass is 348 g/mol. The number of aromatic carboxylic acids is 1. The molecule has 0 unspecified atom stereocenters. The third-order valence-electron chi connectivity index (χ3n) is 3.85. The molecule has 130 valence electrons. The van der Waals surface area contributed by atoms with Crippen LogP contribution in [0, 0.1) is 0 Å². The molecular formula is C20H16N2O4. The molecule has 26 heavy (non-hydrogen) atoms. The quantitative estimate of drug-likeness (QED) is 0.378. The maximum atomic E-state index is 12.3. The zero-order chi connectivity index (χ0) is 18.7. The third-order valence-corrected chi connectivity index (χ3v) is 3.85. The maximum Gasteiger partial charge on any atom is 0.343 e. The van der Waals surface area contributed by atoms with E-state index in [1.54, 1.807) is 36.4 Å². The van der Waals surface area contributed by atoms with Crippen molar-refractivity contribution in [2.75, 3.05) is 11.5 Å². The highest BCUT2D eigenvalue weighted by atomic mass is 16.5. The average Bonchev–Trinajstić information content (AvgIpc) is 2.64. The molecule has 3 rings (SSSR count). The van der Waals surface area contributed by atoms with Crippen LogP contribution in [0.4, 0.5) is 11.4 Å². The lowest BCUT2D eigenvalue weighted by Crippen LogP contribution is -2.11. The molecule has 0 aliphatic carbocycles. The van der Waals surface area contributed by atoms with Crippen molar-refractivity contribution in [3.8, 4) is 16.9 Å². The van der Waals surface area contributed by atoms with Crippen LogP contribution in [0.3, 0.4) is 0 Å². The number of rotatable bonds is 4. The minimum atomic E-state index is -1.12. The summed E-state index contributed by atoms with van der Waals surface area (Å²) in [5.74, 6) is -1.64. The molecule has 0 aliphatic heterocycles. The predicted molar refractivity (Wildman–Crippen MR) is 99.1 cm³/mol. The molecule has 0 atom stereocenters. The third kappa shape index (κ3) is 3.34. The summed E-state index contributed by atoms with van der Waals surface area (Å²) in [6.45, 7) is 0. The summed E-state index contributed by atoms with van der Waals surface area (Å²) in [6.07, 6.45) is 0. The summed E-state index contributed by atoms with van der Waals surface area (Å²) in [4.78, 5) is 23.9. The second-order valence-corrected chi connectivity index (χ2v) is 5.58. The molecule has 0 aromatic heterocycles. The Balaban J connectivity index is 2.02. The molecule has 0 spiro atoms. The first-order valence-corrected chi connectivity index (χ1v) is 7.76. The lowest BCUT2D eigenvalue weighted by molar-refractivity contribution is 0.0697. The molecule has 3 aromatic rings. The van der Waals surface area contributed by atoms with Crippen molar-refractivity contribution < 1.29 is 19.4 Å². The Morgan fingerprint density at radius 1 is 0.846 bits per heavy atom. The summed E-state index contributed by atoms with van der Waals surface area (Å²) in [6, 6.07) is 17.8. The van der Waals surface area contributed by atoms with Gasteiger partial charge in [-0.2, -0.15) is 0 Å². The van der Waals surface area contributed by atoms with Crippen LogP contribution >= 0.6 is 0 Å². The van der Waals surface area contributed by atoms with E-state index in [0.717, 1.165) is 0 Å². The van der Waals surface area contributed by atoms with E-state index >= 15 is 0 Å². The Labute approximate surface area is 149 Å². The van der Waals surface area contributed by atoms with Crippen molar-refractivity contribution in [2.24, 2.45) is 0 Å². The summed E-state index contributed by atoms with van der Waals surface area (Å²) < 4.78 is 5.37. The zero-order valence-corrected chi connectivity index (χ0v) is 13.7. The van der Waals surface area contributed by atoms with Gasteiger partial charge >= 0.3 is 11.9 Å². The molecule has 0 saturated carbocycles. The van der Waals surface area contributed by atoms with Crippen molar-refractivity contribution >= 4 is 23.3 Å². The van der Waals surface area contributed by atoms with Crippen LogP contribution in [-0.2, 0) is 0 Å². The minimum Gasteiger partial charge on any atom is -0.478 e.